The number of methoxy groups -OCH3 is 1. The minimum absolute atomic E-state index is 0.113. The summed E-state index contributed by atoms with van der Waals surface area (Å²) in [5.41, 5.74) is 2.84. The Bertz CT molecular complexity index is 1320. The number of anilines is 1. The van der Waals surface area contributed by atoms with E-state index in [1.54, 1.807) is 30.0 Å². The summed E-state index contributed by atoms with van der Waals surface area (Å²) >= 11 is 1.21. The van der Waals surface area contributed by atoms with E-state index in [4.69, 9.17) is 4.74 Å². The Hall–Kier alpha value is -3.65. The van der Waals surface area contributed by atoms with Crippen molar-refractivity contribution in [2.75, 3.05) is 18.2 Å². The number of nitrogens with zero attached hydrogens (tertiary/aromatic N) is 3. The van der Waals surface area contributed by atoms with Crippen LogP contribution in [0, 0.1) is 6.92 Å². The molecule has 1 amide bonds. The van der Waals surface area contributed by atoms with Gasteiger partial charge in [0.2, 0.25) is 5.91 Å². The topological polar surface area (TPSA) is 86.1 Å². The average Bonchev–Trinajstić information content (AvgIpc) is 2.82. The number of carbonyl (C=O) groups is 1. The highest BCUT2D eigenvalue weighted by Crippen LogP contribution is 2.20. The molecule has 2 aromatic heterocycles. The number of aryl methyl sites for hydroxylation is 1. The van der Waals surface area contributed by atoms with E-state index >= 15 is 0 Å². The molecule has 2 aromatic carbocycles. The Morgan fingerprint density at radius 3 is 2.62 bits per heavy atom. The monoisotopic (exact) mass is 446 g/mol. The maximum atomic E-state index is 13.2. The minimum atomic E-state index is -0.194. The van der Waals surface area contributed by atoms with Crippen molar-refractivity contribution in [1.82, 2.24) is 14.5 Å². The number of pyridine rings is 1. The predicted molar refractivity (Wildman–Crippen MR) is 126 cm³/mol. The molecule has 7 nitrogen and oxygen atoms in total. The number of amides is 1. The van der Waals surface area contributed by atoms with Gasteiger partial charge in [-0.05, 0) is 48.4 Å². The van der Waals surface area contributed by atoms with Crippen molar-refractivity contribution in [2.45, 2.75) is 18.6 Å². The van der Waals surface area contributed by atoms with Crippen LogP contribution < -0.4 is 15.6 Å². The van der Waals surface area contributed by atoms with Crippen molar-refractivity contribution in [3.63, 3.8) is 0 Å². The molecule has 32 heavy (non-hydrogen) atoms. The number of hydrogen-bond acceptors (Lipinski definition) is 6. The molecule has 0 spiro atoms. The van der Waals surface area contributed by atoms with Gasteiger partial charge in [0, 0.05) is 11.9 Å². The quantitative estimate of drug-likeness (QED) is 0.342. The number of nitrogens with one attached hydrogen (secondary N) is 1. The molecule has 0 saturated carbocycles. The number of fused-ring (bicyclic) bond motifs is 1. The molecule has 2 heterocycles. The summed E-state index contributed by atoms with van der Waals surface area (Å²) in [7, 11) is 1.61. The van der Waals surface area contributed by atoms with Crippen LogP contribution >= 0.6 is 11.8 Å². The third-order valence-electron chi connectivity index (χ3n) is 4.95. The molecule has 0 atom stereocenters. The molecule has 4 aromatic rings. The number of thioether (sulfide) groups is 1. The van der Waals surface area contributed by atoms with Crippen LogP contribution in [0.5, 0.6) is 5.75 Å². The molecule has 0 radical (unpaired) electrons. The van der Waals surface area contributed by atoms with Crippen molar-refractivity contribution in [3.8, 4) is 5.75 Å². The number of carbonyl (C=O) groups excluding carboxylic acids is 1. The minimum Gasteiger partial charge on any atom is -0.497 e. The number of para-hydroxylation sites is 1. The van der Waals surface area contributed by atoms with E-state index in [1.807, 2.05) is 55.5 Å². The highest BCUT2D eigenvalue weighted by Gasteiger charge is 2.15. The van der Waals surface area contributed by atoms with Gasteiger partial charge in [0.1, 0.15) is 5.75 Å². The molecular formula is C24H22N4O3S. The zero-order valence-electron chi connectivity index (χ0n) is 17.7. The van der Waals surface area contributed by atoms with Gasteiger partial charge >= 0.3 is 0 Å². The van der Waals surface area contributed by atoms with E-state index in [9.17, 15) is 9.59 Å². The Morgan fingerprint density at radius 2 is 1.88 bits per heavy atom. The molecule has 0 unspecified atom stereocenters. The number of benzene rings is 2. The standard InChI is InChI=1S/C24H22N4O3S/c1-16-6-3-4-8-20(16)26-21(29)15-32-24-27-22-19(7-5-13-25-22)23(30)28(24)14-17-9-11-18(31-2)12-10-17/h3-13H,14-15H2,1-2H3,(H,26,29). The number of rotatable bonds is 7. The molecule has 162 valence electrons. The van der Waals surface area contributed by atoms with E-state index in [0.29, 0.717) is 22.7 Å². The summed E-state index contributed by atoms with van der Waals surface area (Å²) in [5, 5.41) is 3.79. The van der Waals surface area contributed by atoms with Crippen LogP contribution in [0.2, 0.25) is 0 Å². The maximum absolute atomic E-state index is 13.2. The zero-order valence-corrected chi connectivity index (χ0v) is 18.6. The Balaban J connectivity index is 1.61. The van der Waals surface area contributed by atoms with Gasteiger partial charge in [-0.3, -0.25) is 14.2 Å². The molecule has 0 aliphatic heterocycles. The van der Waals surface area contributed by atoms with Crippen LogP contribution in [0.15, 0.2) is 76.8 Å². The summed E-state index contributed by atoms with van der Waals surface area (Å²) in [6.45, 7) is 2.26. The Kier molecular flexibility index (Phi) is 6.51. The van der Waals surface area contributed by atoms with E-state index < -0.39 is 0 Å². The van der Waals surface area contributed by atoms with Gasteiger partial charge in [-0.25, -0.2) is 9.97 Å². The van der Waals surface area contributed by atoms with Gasteiger partial charge in [0.25, 0.3) is 5.56 Å². The fraction of sp³-hybridized carbons (Fsp3) is 0.167. The second kappa shape index (κ2) is 9.65. The Labute approximate surface area is 189 Å². The fourth-order valence-electron chi connectivity index (χ4n) is 3.23. The normalized spacial score (nSPS) is 10.8. The highest BCUT2D eigenvalue weighted by molar-refractivity contribution is 7.99. The molecule has 1 N–H and O–H groups in total. The third-order valence-corrected chi connectivity index (χ3v) is 5.92. The SMILES string of the molecule is COc1ccc(Cn2c(SCC(=O)Nc3ccccc3C)nc3ncccc3c2=O)cc1. The van der Waals surface area contributed by atoms with Crippen molar-refractivity contribution >= 4 is 34.4 Å². The first kappa shape index (κ1) is 21.6. The highest BCUT2D eigenvalue weighted by atomic mass is 32.2. The summed E-state index contributed by atoms with van der Waals surface area (Å²) in [4.78, 5) is 34.5. The molecule has 0 aliphatic rings. The van der Waals surface area contributed by atoms with Crippen LogP contribution in [-0.4, -0.2) is 33.3 Å². The largest absolute Gasteiger partial charge is 0.497 e. The second-order valence-electron chi connectivity index (χ2n) is 7.16. The summed E-state index contributed by atoms with van der Waals surface area (Å²) in [6, 6.07) is 18.5. The third kappa shape index (κ3) is 4.81. The zero-order chi connectivity index (χ0) is 22.5. The maximum Gasteiger partial charge on any atom is 0.263 e. The van der Waals surface area contributed by atoms with E-state index in [2.05, 4.69) is 15.3 Å². The fourth-order valence-corrected chi connectivity index (χ4v) is 4.02. The predicted octanol–water partition coefficient (Wildman–Crippen LogP) is 3.89. The van der Waals surface area contributed by atoms with Crippen molar-refractivity contribution in [2.24, 2.45) is 0 Å². The first-order valence-electron chi connectivity index (χ1n) is 10.0. The molecule has 0 saturated heterocycles. The molecule has 8 heteroatoms. The lowest BCUT2D eigenvalue weighted by Gasteiger charge is -2.13. The van der Waals surface area contributed by atoms with Gasteiger partial charge in [-0.1, -0.05) is 42.1 Å². The van der Waals surface area contributed by atoms with Crippen LogP contribution in [-0.2, 0) is 11.3 Å². The first-order chi connectivity index (χ1) is 15.5. The lowest BCUT2D eigenvalue weighted by molar-refractivity contribution is -0.113. The smallest absolute Gasteiger partial charge is 0.263 e. The van der Waals surface area contributed by atoms with Crippen molar-refractivity contribution in [3.05, 3.63) is 88.3 Å². The summed E-state index contributed by atoms with van der Waals surface area (Å²) < 4.78 is 6.79. The number of ether oxygens (including phenoxy) is 1. The van der Waals surface area contributed by atoms with Crippen LogP contribution in [0.25, 0.3) is 11.0 Å². The molecule has 0 bridgehead atoms. The van der Waals surface area contributed by atoms with Crippen molar-refractivity contribution < 1.29 is 9.53 Å². The lowest BCUT2D eigenvalue weighted by Crippen LogP contribution is -2.25. The van der Waals surface area contributed by atoms with Gasteiger partial charge in [0.15, 0.2) is 10.8 Å². The number of aromatic nitrogens is 3. The molecular weight excluding hydrogens is 424 g/mol. The van der Waals surface area contributed by atoms with Crippen molar-refractivity contribution in [1.29, 1.82) is 0 Å². The van der Waals surface area contributed by atoms with E-state index in [0.717, 1.165) is 22.6 Å². The lowest BCUT2D eigenvalue weighted by atomic mass is 10.2. The molecule has 0 fully saturated rings. The van der Waals surface area contributed by atoms with Crippen LogP contribution in [0.4, 0.5) is 5.69 Å². The van der Waals surface area contributed by atoms with E-state index in [1.165, 1.54) is 11.8 Å². The average molecular weight is 447 g/mol. The number of hydrogen-bond donors (Lipinski definition) is 1. The van der Waals surface area contributed by atoms with Crippen LogP contribution in [0.1, 0.15) is 11.1 Å². The molecule has 0 aliphatic carbocycles. The van der Waals surface area contributed by atoms with Crippen LogP contribution in [0.3, 0.4) is 0 Å². The van der Waals surface area contributed by atoms with Gasteiger partial charge < -0.3 is 10.1 Å². The van der Waals surface area contributed by atoms with Gasteiger partial charge in [-0.2, -0.15) is 0 Å². The summed E-state index contributed by atoms with van der Waals surface area (Å²) in [5.74, 6) is 0.682. The Morgan fingerprint density at radius 1 is 1.09 bits per heavy atom. The first-order valence-corrected chi connectivity index (χ1v) is 11.0. The van der Waals surface area contributed by atoms with Gasteiger partial charge in [-0.15, -0.1) is 0 Å². The van der Waals surface area contributed by atoms with E-state index in [-0.39, 0.29) is 17.2 Å². The second-order valence-corrected chi connectivity index (χ2v) is 8.10. The van der Waals surface area contributed by atoms with Gasteiger partial charge in [0.05, 0.1) is 24.8 Å². The summed E-state index contributed by atoms with van der Waals surface area (Å²) in [6.07, 6.45) is 1.60. The molecule has 4 rings (SSSR count).